The van der Waals surface area contributed by atoms with Crippen LogP contribution in [-0.4, -0.2) is 19.7 Å². The zero-order valence-corrected chi connectivity index (χ0v) is 15.1. The molecule has 0 bridgehead atoms. The van der Waals surface area contributed by atoms with E-state index in [1.54, 1.807) is 0 Å². The van der Waals surface area contributed by atoms with Crippen molar-refractivity contribution in [2.24, 2.45) is 0 Å². The average molecular weight is 390 g/mol. The van der Waals surface area contributed by atoms with Crippen molar-refractivity contribution < 1.29 is 4.39 Å². The molecule has 0 saturated heterocycles. The van der Waals surface area contributed by atoms with Crippen molar-refractivity contribution in [3.05, 3.63) is 45.8 Å². The lowest BCUT2D eigenvalue weighted by Crippen LogP contribution is -2.13. The minimum Gasteiger partial charge on any atom is -0.375 e. The van der Waals surface area contributed by atoms with Crippen LogP contribution in [-0.2, 0) is 13.0 Å². The molecule has 0 fully saturated rings. The van der Waals surface area contributed by atoms with E-state index in [9.17, 15) is 4.39 Å². The second kappa shape index (κ2) is 5.81. The number of nitrogens with one attached hydrogen (secondary N) is 1. The molecular formula is C17H17BrFN5. The van der Waals surface area contributed by atoms with Gasteiger partial charge in [0, 0.05) is 34.2 Å². The first kappa shape index (κ1) is 15.5. The third-order valence-corrected chi connectivity index (χ3v) is 4.81. The Balaban J connectivity index is 1.76. The van der Waals surface area contributed by atoms with Crippen LogP contribution >= 0.6 is 15.9 Å². The predicted molar refractivity (Wildman–Crippen MR) is 94.5 cm³/mol. The Morgan fingerprint density at radius 1 is 1.29 bits per heavy atom. The molecule has 4 rings (SSSR count). The van der Waals surface area contributed by atoms with E-state index >= 15 is 0 Å². The highest BCUT2D eigenvalue weighted by atomic mass is 79.9. The van der Waals surface area contributed by atoms with Gasteiger partial charge in [-0.05, 0) is 38.5 Å². The number of fused-ring (bicyclic) bond motifs is 2. The number of halogens is 2. The molecule has 3 heterocycles. The van der Waals surface area contributed by atoms with Gasteiger partial charge in [0.25, 0.3) is 0 Å². The number of aryl methyl sites for hydroxylation is 2. The van der Waals surface area contributed by atoms with Crippen molar-refractivity contribution in [1.29, 1.82) is 0 Å². The number of hydrogen-bond donors (Lipinski definition) is 1. The molecule has 2 aromatic heterocycles. The summed E-state index contributed by atoms with van der Waals surface area (Å²) in [5.74, 6) is 1.63. The summed E-state index contributed by atoms with van der Waals surface area (Å²) in [6, 6.07) is 5.23. The van der Waals surface area contributed by atoms with E-state index in [1.807, 2.05) is 26.0 Å². The first-order valence-corrected chi connectivity index (χ1v) is 8.77. The molecule has 1 aliphatic rings. The van der Waals surface area contributed by atoms with Crippen molar-refractivity contribution in [3.63, 3.8) is 0 Å². The van der Waals surface area contributed by atoms with E-state index in [2.05, 4.69) is 41.0 Å². The quantitative estimate of drug-likeness (QED) is 0.730. The average Bonchev–Trinajstić information content (AvgIpc) is 3.11. The molecule has 124 valence electrons. The largest absolute Gasteiger partial charge is 0.375 e. The van der Waals surface area contributed by atoms with Crippen molar-refractivity contribution in [2.45, 2.75) is 39.3 Å². The van der Waals surface area contributed by atoms with Gasteiger partial charge in [0.1, 0.15) is 11.3 Å². The fourth-order valence-corrected chi connectivity index (χ4v) is 3.72. The number of pyridine rings is 1. The third kappa shape index (κ3) is 2.56. The molecule has 1 aliphatic heterocycles. The van der Waals surface area contributed by atoms with Crippen LogP contribution < -0.4 is 5.32 Å². The predicted octanol–water partition coefficient (Wildman–Crippen LogP) is 4.16. The Hall–Kier alpha value is -2.02. The lowest BCUT2D eigenvalue weighted by atomic mass is 10.1. The zero-order chi connectivity index (χ0) is 16.8. The summed E-state index contributed by atoms with van der Waals surface area (Å²) in [5, 5.41) is 12.8. The maximum Gasteiger partial charge on any atom is 0.155 e. The van der Waals surface area contributed by atoms with Crippen LogP contribution in [0.3, 0.4) is 0 Å². The van der Waals surface area contributed by atoms with Gasteiger partial charge in [-0.3, -0.25) is 0 Å². The first-order valence-electron chi connectivity index (χ1n) is 7.98. The highest BCUT2D eigenvalue weighted by Crippen LogP contribution is 2.31. The second-order valence-corrected chi connectivity index (χ2v) is 7.11. The lowest BCUT2D eigenvalue weighted by molar-refractivity contribution is 0.635. The van der Waals surface area contributed by atoms with Crippen LogP contribution in [0.2, 0.25) is 0 Å². The molecule has 24 heavy (non-hydrogen) atoms. The maximum absolute atomic E-state index is 14.3. The number of hydrogen-bond acceptors (Lipinski definition) is 4. The fraction of sp³-hybridized carbons (Fsp3) is 0.353. The van der Waals surface area contributed by atoms with Crippen LogP contribution in [0.1, 0.15) is 36.7 Å². The molecular weight excluding hydrogens is 373 g/mol. The van der Waals surface area contributed by atoms with Crippen molar-refractivity contribution >= 4 is 32.5 Å². The summed E-state index contributed by atoms with van der Waals surface area (Å²) in [6.45, 7) is 4.87. The van der Waals surface area contributed by atoms with Gasteiger partial charge in [-0.15, -0.1) is 10.2 Å². The SMILES string of the molecule is Cc1cc(NC(C)c2nnc3n2CCC3)c2cc(Br)cc(F)c2n1. The monoisotopic (exact) mass is 389 g/mol. The highest BCUT2D eigenvalue weighted by molar-refractivity contribution is 9.10. The molecule has 1 unspecified atom stereocenters. The van der Waals surface area contributed by atoms with E-state index in [-0.39, 0.29) is 11.9 Å². The van der Waals surface area contributed by atoms with Crippen LogP contribution in [0, 0.1) is 12.7 Å². The van der Waals surface area contributed by atoms with Crippen LogP contribution in [0.25, 0.3) is 10.9 Å². The Labute approximate surface area is 147 Å². The number of aromatic nitrogens is 4. The van der Waals surface area contributed by atoms with Gasteiger partial charge in [-0.2, -0.15) is 0 Å². The van der Waals surface area contributed by atoms with Crippen LogP contribution in [0.4, 0.5) is 10.1 Å². The number of anilines is 1. The van der Waals surface area contributed by atoms with Gasteiger partial charge in [0.15, 0.2) is 11.6 Å². The van der Waals surface area contributed by atoms with Crippen molar-refractivity contribution in [1.82, 2.24) is 19.7 Å². The second-order valence-electron chi connectivity index (χ2n) is 6.19. The van der Waals surface area contributed by atoms with Gasteiger partial charge in [-0.1, -0.05) is 15.9 Å². The van der Waals surface area contributed by atoms with E-state index in [0.717, 1.165) is 47.8 Å². The van der Waals surface area contributed by atoms with Gasteiger partial charge in [-0.25, -0.2) is 9.37 Å². The molecule has 7 heteroatoms. The molecule has 0 aliphatic carbocycles. The summed E-state index contributed by atoms with van der Waals surface area (Å²) in [7, 11) is 0. The highest BCUT2D eigenvalue weighted by Gasteiger charge is 2.22. The minimum absolute atomic E-state index is 0.0311. The maximum atomic E-state index is 14.3. The molecule has 0 radical (unpaired) electrons. The number of rotatable bonds is 3. The summed E-state index contributed by atoms with van der Waals surface area (Å²) in [4.78, 5) is 4.34. The summed E-state index contributed by atoms with van der Waals surface area (Å²) >= 11 is 3.36. The van der Waals surface area contributed by atoms with Gasteiger partial charge >= 0.3 is 0 Å². The zero-order valence-electron chi connectivity index (χ0n) is 13.5. The molecule has 0 amide bonds. The molecule has 5 nitrogen and oxygen atoms in total. The van der Waals surface area contributed by atoms with Crippen LogP contribution in [0.15, 0.2) is 22.7 Å². The standard InChI is InChI=1S/C17H17BrFN5/c1-9-6-14(12-7-11(18)8-13(19)16(12)20-9)21-10(2)17-23-22-15-4-3-5-24(15)17/h6-8,10H,3-5H2,1-2H3,(H,20,21). The van der Waals surface area contributed by atoms with Crippen molar-refractivity contribution in [2.75, 3.05) is 5.32 Å². The minimum atomic E-state index is -0.331. The Morgan fingerprint density at radius 2 is 2.12 bits per heavy atom. The molecule has 1 aromatic carbocycles. The summed E-state index contributed by atoms with van der Waals surface area (Å²) in [6.07, 6.45) is 2.09. The molecule has 3 aromatic rings. The molecule has 0 spiro atoms. The van der Waals surface area contributed by atoms with Gasteiger partial charge in [0.2, 0.25) is 0 Å². The van der Waals surface area contributed by atoms with E-state index < -0.39 is 0 Å². The fourth-order valence-electron chi connectivity index (χ4n) is 3.29. The topological polar surface area (TPSA) is 55.6 Å². The number of nitrogens with zero attached hydrogens (tertiary/aromatic N) is 4. The van der Waals surface area contributed by atoms with E-state index in [1.165, 1.54) is 6.07 Å². The summed E-state index contributed by atoms with van der Waals surface area (Å²) in [5.41, 5.74) is 1.99. The first-order chi connectivity index (χ1) is 11.5. The smallest absolute Gasteiger partial charge is 0.155 e. The Bertz CT molecular complexity index is 936. The van der Waals surface area contributed by atoms with E-state index in [4.69, 9.17) is 0 Å². The van der Waals surface area contributed by atoms with Gasteiger partial charge < -0.3 is 9.88 Å². The molecule has 1 atom stereocenters. The molecule has 0 saturated carbocycles. The summed E-state index contributed by atoms with van der Waals surface area (Å²) < 4.78 is 17.1. The normalized spacial score (nSPS) is 14.8. The molecule has 1 N–H and O–H groups in total. The Kier molecular flexibility index (Phi) is 3.75. The third-order valence-electron chi connectivity index (χ3n) is 4.36. The van der Waals surface area contributed by atoms with E-state index in [0.29, 0.717) is 9.99 Å². The Morgan fingerprint density at radius 3 is 2.96 bits per heavy atom. The van der Waals surface area contributed by atoms with Crippen molar-refractivity contribution in [3.8, 4) is 0 Å². The van der Waals surface area contributed by atoms with Gasteiger partial charge in [0.05, 0.1) is 6.04 Å². The van der Waals surface area contributed by atoms with Crippen LogP contribution in [0.5, 0.6) is 0 Å². The lowest BCUT2D eigenvalue weighted by Gasteiger charge is -2.17. The number of benzene rings is 1.